The molecule has 0 spiro atoms. The molecule has 2 amide bonds. The number of hydrogen-bond acceptors (Lipinski definition) is 2. The molecule has 0 fully saturated rings. The molecule has 120 valence electrons. The Morgan fingerprint density at radius 3 is 2.59 bits per heavy atom. The summed E-state index contributed by atoms with van der Waals surface area (Å²) in [5.74, 6) is 1.01. The van der Waals surface area contributed by atoms with Crippen molar-refractivity contribution in [2.75, 3.05) is 0 Å². The number of fused-ring (bicyclic) bond motifs is 1. The summed E-state index contributed by atoms with van der Waals surface area (Å²) in [6.07, 6.45) is 0. The Morgan fingerprint density at radius 1 is 1.32 bits per heavy atom. The van der Waals surface area contributed by atoms with E-state index in [9.17, 15) is 4.79 Å². The zero-order chi connectivity index (χ0) is 16.5. The normalized spacial score (nSPS) is 12.0. The van der Waals surface area contributed by atoms with Crippen molar-refractivity contribution >= 4 is 17.1 Å². The topological polar surface area (TPSA) is 59.0 Å². The van der Waals surface area contributed by atoms with Gasteiger partial charge in [0.2, 0.25) is 0 Å². The van der Waals surface area contributed by atoms with Gasteiger partial charge in [0.1, 0.15) is 5.82 Å². The summed E-state index contributed by atoms with van der Waals surface area (Å²) < 4.78 is 2.22. The lowest BCUT2D eigenvalue weighted by Crippen LogP contribution is -2.46. The van der Waals surface area contributed by atoms with E-state index in [-0.39, 0.29) is 11.6 Å². The number of nitrogens with one attached hydrogen (secondary N) is 2. The minimum Gasteiger partial charge on any atom is -0.334 e. The van der Waals surface area contributed by atoms with Crippen molar-refractivity contribution in [3.8, 4) is 0 Å². The molecule has 2 aromatic rings. The Balaban J connectivity index is 2.12. The molecule has 0 saturated carbocycles. The number of aryl methyl sites for hydroxylation is 1. The maximum absolute atomic E-state index is 11.8. The molecule has 0 saturated heterocycles. The number of carbonyl (C=O) groups excluding carboxylic acids is 1. The van der Waals surface area contributed by atoms with Gasteiger partial charge in [-0.2, -0.15) is 0 Å². The van der Waals surface area contributed by atoms with Gasteiger partial charge in [0.05, 0.1) is 11.0 Å². The van der Waals surface area contributed by atoms with Gasteiger partial charge in [0.15, 0.2) is 0 Å². The summed E-state index contributed by atoms with van der Waals surface area (Å²) in [5, 5.41) is 5.76. The van der Waals surface area contributed by atoms with Crippen molar-refractivity contribution in [3.63, 3.8) is 0 Å². The molecule has 0 aliphatic rings. The van der Waals surface area contributed by atoms with Gasteiger partial charge in [-0.05, 0) is 59.2 Å². The van der Waals surface area contributed by atoms with Crippen LogP contribution in [0, 0.1) is 6.92 Å². The molecule has 5 nitrogen and oxygen atoms in total. The molecule has 0 aliphatic heterocycles. The van der Waals surface area contributed by atoms with Crippen molar-refractivity contribution in [2.24, 2.45) is 0 Å². The average Bonchev–Trinajstić information content (AvgIpc) is 2.69. The van der Waals surface area contributed by atoms with E-state index < -0.39 is 0 Å². The van der Waals surface area contributed by atoms with Crippen molar-refractivity contribution < 1.29 is 4.79 Å². The van der Waals surface area contributed by atoms with Crippen molar-refractivity contribution in [1.29, 1.82) is 0 Å². The van der Waals surface area contributed by atoms with Crippen LogP contribution in [0.15, 0.2) is 18.2 Å². The summed E-state index contributed by atoms with van der Waals surface area (Å²) in [6.45, 7) is 12.7. The SMILES string of the molecule is Cc1nc2cc(CNC(=O)NC(C)(C)C)ccc2n1C(C)C. The first-order chi connectivity index (χ1) is 10.2. The third kappa shape index (κ3) is 3.78. The van der Waals surface area contributed by atoms with Crippen LogP contribution in [0.5, 0.6) is 0 Å². The number of nitrogens with zero attached hydrogens (tertiary/aromatic N) is 2. The van der Waals surface area contributed by atoms with Crippen molar-refractivity contribution in [1.82, 2.24) is 20.2 Å². The van der Waals surface area contributed by atoms with E-state index >= 15 is 0 Å². The highest BCUT2D eigenvalue weighted by Crippen LogP contribution is 2.21. The van der Waals surface area contributed by atoms with Gasteiger partial charge >= 0.3 is 6.03 Å². The molecular weight excluding hydrogens is 276 g/mol. The second-order valence-electron chi connectivity index (χ2n) is 7.00. The largest absolute Gasteiger partial charge is 0.334 e. The highest BCUT2D eigenvalue weighted by Gasteiger charge is 2.14. The second kappa shape index (κ2) is 5.99. The van der Waals surface area contributed by atoms with Gasteiger partial charge in [0.25, 0.3) is 0 Å². The minimum atomic E-state index is -0.235. The molecule has 0 aliphatic carbocycles. The quantitative estimate of drug-likeness (QED) is 0.911. The summed E-state index contributed by atoms with van der Waals surface area (Å²) in [5.41, 5.74) is 2.92. The van der Waals surface area contributed by atoms with Crippen LogP contribution in [-0.4, -0.2) is 21.1 Å². The Kier molecular flexibility index (Phi) is 4.44. The fraction of sp³-hybridized carbons (Fsp3) is 0.529. The predicted octanol–water partition coefficient (Wildman–Crippen LogP) is 3.52. The number of imidazole rings is 1. The van der Waals surface area contributed by atoms with E-state index in [1.54, 1.807) is 0 Å². The molecule has 1 aromatic carbocycles. The number of urea groups is 1. The van der Waals surface area contributed by atoms with E-state index in [2.05, 4.69) is 40.1 Å². The molecule has 1 aromatic heterocycles. The van der Waals surface area contributed by atoms with Gasteiger partial charge in [-0.3, -0.25) is 0 Å². The number of aromatic nitrogens is 2. The third-order valence-electron chi connectivity index (χ3n) is 3.39. The van der Waals surface area contributed by atoms with E-state index in [1.807, 2.05) is 39.8 Å². The summed E-state index contributed by atoms with van der Waals surface area (Å²) in [4.78, 5) is 16.4. The smallest absolute Gasteiger partial charge is 0.315 e. The fourth-order valence-corrected chi connectivity index (χ4v) is 2.59. The van der Waals surface area contributed by atoms with E-state index in [0.717, 1.165) is 22.4 Å². The van der Waals surface area contributed by atoms with Crippen LogP contribution in [0.3, 0.4) is 0 Å². The lowest BCUT2D eigenvalue weighted by molar-refractivity contribution is 0.231. The summed E-state index contributed by atoms with van der Waals surface area (Å²) in [7, 11) is 0. The zero-order valence-electron chi connectivity index (χ0n) is 14.3. The average molecular weight is 302 g/mol. The van der Waals surface area contributed by atoms with Crippen molar-refractivity contribution in [3.05, 3.63) is 29.6 Å². The fourth-order valence-electron chi connectivity index (χ4n) is 2.59. The first kappa shape index (κ1) is 16.3. The second-order valence-corrected chi connectivity index (χ2v) is 7.00. The number of hydrogen-bond donors (Lipinski definition) is 2. The maximum atomic E-state index is 11.8. The molecule has 0 bridgehead atoms. The van der Waals surface area contributed by atoms with Gasteiger partial charge < -0.3 is 15.2 Å². The van der Waals surface area contributed by atoms with E-state index in [4.69, 9.17) is 0 Å². The van der Waals surface area contributed by atoms with Crippen LogP contribution >= 0.6 is 0 Å². The van der Waals surface area contributed by atoms with E-state index in [0.29, 0.717) is 12.6 Å². The summed E-state index contributed by atoms with van der Waals surface area (Å²) >= 11 is 0. The van der Waals surface area contributed by atoms with E-state index in [1.165, 1.54) is 0 Å². The molecule has 0 atom stereocenters. The summed E-state index contributed by atoms with van der Waals surface area (Å²) in [6, 6.07) is 6.38. The molecule has 0 radical (unpaired) electrons. The molecule has 22 heavy (non-hydrogen) atoms. The Labute approximate surface area is 132 Å². The van der Waals surface area contributed by atoms with Crippen LogP contribution in [-0.2, 0) is 6.54 Å². The first-order valence-electron chi connectivity index (χ1n) is 7.71. The molecule has 0 unspecified atom stereocenters. The molecule has 5 heteroatoms. The minimum absolute atomic E-state index is 0.156. The van der Waals surface area contributed by atoms with Crippen molar-refractivity contribution in [2.45, 2.75) is 59.7 Å². The number of amides is 2. The Hall–Kier alpha value is -2.04. The number of rotatable bonds is 3. The van der Waals surface area contributed by atoms with Gasteiger partial charge in [-0.15, -0.1) is 0 Å². The van der Waals surface area contributed by atoms with Crippen LogP contribution in [0.4, 0.5) is 4.79 Å². The lowest BCUT2D eigenvalue weighted by atomic mass is 10.1. The molecular formula is C17H26N4O. The number of benzene rings is 1. The zero-order valence-corrected chi connectivity index (χ0v) is 14.3. The van der Waals surface area contributed by atoms with Gasteiger partial charge in [-0.1, -0.05) is 6.07 Å². The lowest BCUT2D eigenvalue weighted by Gasteiger charge is -2.20. The third-order valence-corrected chi connectivity index (χ3v) is 3.39. The standard InChI is InChI=1S/C17H26N4O/c1-11(2)21-12(3)19-14-9-13(7-8-15(14)21)10-18-16(22)20-17(4,5)6/h7-9,11H,10H2,1-6H3,(H2,18,20,22). The highest BCUT2D eigenvalue weighted by atomic mass is 16.2. The Bertz CT molecular complexity index is 680. The first-order valence-corrected chi connectivity index (χ1v) is 7.71. The predicted molar refractivity (Wildman–Crippen MR) is 90.0 cm³/mol. The van der Waals surface area contributed by atoms with Crippen LogP contribution in [0.25, 0.3) is 11.0 Å². The number of carbonyl (C=O) groups is 1. The Morgan fingerprint density at radius 2 is 2.00 bits per heavy atom. The van der Waals surface area contributed by atoms with Crippen LogP contribution in [0.2, 0.25) is 0 Å². The highest BCUT2D eigenvalue weighted by molar-refractivity contribution is 5.78. The molecule has 2 N–H and O–H groups in total. The van der Waals surface area contributed by atoms with Crippen LogP contribution in [0.1, 0.15) is 52.0 Å². The molecule has 2 rings (SSSR count). The van der Waals surface area contributed by atoms with Gasteiger partial charge in [0, 0.05) is 18.1 Å². The monoisotopic (exact) mass is 302 g/mol. The molecule has 1 heterocycles. The van der Waals surface area contributed by atoms with Gasteiger partial charge in [-0.25, -0.2) is 9.78 Å². The van der Waals surface area contributed by atoms with Crippen LogP contribution < -0.4 is 10.6 Å². The maximum Gasteiger partial charge on any atom is 0.315 e.